The van der Waals surface area contributed by atoms with Crippen molar-refractivity contribution in [3.63, 3.8) is 0 Å². The summed E-state index contributed by atoms with van der Waals surface area (Å²) in [5, 5.41) is 3.80. The molecule has 0 saturated heterocycles. The van der Waals surface area contributed by atoms with Gasteiger partial charge in [-0.15, -0.1) is 0 Å². The molecule has 0 saturated carbocycles. The van der Waals surface area contributed by atoms with Gasteiger partial charge in [0.2, 0.25) is 5.89 Å². The van der Waals surface area contributed by atoms with E-state index in [0.29, 0.717) is 10.6 Å². The van der Waals surface area contributed by atoms with Gasteiger partial charge in [0.25, 0.3) is 17.6 Å². The van der Waals surface area contributed by atoms with Crippen LogP contribution in [0, 0.1) is 5.82 Å². The molecule has 1 aromatic heterocycles. The topological polar surface area (TPSA) is 103 Å². The first-order chi connectivity index (χ1) is 13.0. The number of aromatic nitrogens is 2. The molecule has 8 nitrogen and oxygen atoms in total. The second-order valence-corrected chi connectivity index (χ2v) is 5.61. The summed E-state index contributed by atoms with van der Waals surface area (Å²) in [7, 11) is 0. The second-order valence-electron chi connectivity index (χ2n) is 5.61. The van der Waals surface area contributed by atoms with E-state index in [1.165, 1.54) is 30.3 Å². The zero-order valence-corrected chi connectivity index (χ0v) is 13.6. The molecule has 2 aromatic carbocycles. The number of fused-ring (bicyclic) bond motifs is 1. The highest BCUT2D eigenvalue weighted by molar-refractivity contribution is 6.21. The number of hydrogen-bond donors (Lipinski definition) is 0. The summed E-state index contributed by atoms with van der Waals surface area (Å²) >= 11 is 0. The van der Waals surface area contributed by atoms with Crippen LogP contribution in [0.3, 0.4) is 0 Å². The monoisotopic (exact) mass is 367 g/mol. The van der Waals surface area contributed by atoms with Gasteiger partial charge >= 0.3 is 5.97 Å². The number of hydrogen-bond acceptors (Lipinski definition) is 7. The number of carbonyl (C=O) groups is 3. The van der Waals surface area contributed by atoms with Crippen molar-refractivity contribution in [2.45, 2.75) is 6.42 Å². The molecule has 0 unspecified atom stereocenters. The van der Waals surface area contributed by atoms with E-state index in [1.54, 1.807) is 18.2 Å². The molecule has 9 heteroatoms. The van der Waals surface area contributed by atoms with Gasteiger partial charge in [0.15, 0.2) is 0 Å². The summed E-state index contributed by atoms with van der Waals surface area (Å²) in [6.45, 7) is 0. The summed E-state index contributed by atoms with van der Waals surface area (Å²) in [5.41, 5.74) is 0.564. The predicted octanol–water partition coefficient (Wildman–Crippen LogP) is 2.17. The van der Waals surface area contributed by atoms with Crippen LogP contribution in [-0.4, -0.2) is 33.0 Å². The first-order valence-corrected chi connectivity index (χ1v) is 7.80. The fourth-order valence-corrected chi connectivity index (χ4v) is 2.59. The summed E-state index contributed by atoms with van der Waals surface area (Å²) in [6, 6.07) is 12.1. The van der Waals surface area contributed by atoms with E-state index in [2.05, 4.69) is 10.1 Å². The SMILES string of the molecule is O=C(ON1C(=O)c2ccccc2C1=O)c1noc(Cc2ccccc2F)n1. The maximum atomic E-state index is 13.7. The smallest absolute Gasteiger partial charge is 0.338 e. The number of benzene rings is 2. The standard InChI is InChI=1S/C18H10FN3O5/c19-13-8-4-1-5-10(13)9-14-20-15(21-26-14)18(25)27-22-16(23)11-6-2-3-7-12(11)17(22)24/h1-8H,9H2. The third kappa shape index (κ3) is 2.95. The van der Waals surface area contributed by atoms with E-state index in [0.717, 1.165) is 0 Å². The molecule has 2 heterocycles. The van der Waals surface area contributed by atoms with Gasteiger partial charge in [-0.1, -0.05) is 35.4 Å². The van der Waals surface area contributed by atoms with Gasteiger partial charge in [0, 0.05) is 0 Å². The van der Waals surface area contributed by atoms with E-state index in [1.807, 2.05) is 0 Å². The molecule has 1 aliphatic rings. The van der Waals surface area contributed by atoms with Crippen LogP contribution in [0.25, 0.3) is 0 Å². The molecule has 1 aliphatic heterocycles. The fourth-order valence-electron chi connectivity index (χ4n) is 2.59. The van der Waals surface area contributed by atoms with Gasteiger partial charge in [0.1, 0.15) is 5.82 Å². The van der Waals surface area contributed by atoms with E-state index in [9.17, 15) is 18.8 Å². The van der Waals surface area contributed by atoms with Crippen molar-refractivity contribution in [2.75, 3.05) is 0 Å². The first-order valence-electron chi connectivity index (χ1n) is 7.80. The zero-order chi connectivity index (χ0) is 19.0. The molecule has 0 radical (unpaired) electrons. The molecule has 27 heavy (non-hydrogen) atoms. The number of nitrogens with zero attached hydrogens (tertiary/aromatic N) is 3. The van der Waals surface area contributed by atoms with E-state index in [-0.39, 0.29) is 23.4 Å². The predicted molar refractivity (Wildman–Crippen MR) is 85.9 cm³/mol. The van der Waals surface area contributed by atoms with Gasteiger partial charge in [-0.05, 0) is 28.9 Å². The number of imide groups is 1. The number of amides is 2. The summed E-state index contributed by atoms with van der Waals surface area (Å²) in [5.74, 6) is -3.63. The van der Waals surface area contributed by atoms with Crippen LogP contribution < -0.4 is 0 Å². The Labute approximate surface area is 151 Å². The normalized spacial score (nSPS) is 13.0. The number of hydroxylamine groups is 2. The average molecular weight is 367 g/mol. The Kier molecular flexibility index (Phi) is 3.96. The van der Waals surface area contributed by atoms with Crippen molar-refractivity contribution in [2.24, 2.45) is 0 Å². The lowest BCUT2D eigenvalue weighted by molar-refractivity contribution is -0.0594. The third-order valence-corrected chi connectivity index (χ3v) is 3.88. The van der Waals surface area contributed by atoms with Crippen LogP contribution in [0.4, 0.5) is 4.39 Å². The van der Waals surface area contributed by atoms with Crippen molar-refractivity contribution in [1.82, 2.24) is 15.2 Å². The minimum absolute atomic E-state index is 0.0191. The Hall–Kier alpha value is -3.88. The molecule has 0 atom stereocenters. The molecular formula is C18H10FN3O5. The van der Waals surface area contributed by atoms with E-state index < -0.39 is 29.4 Å². The van der Waals surface area contributed by atoms with Gasteiger partial charge in [-0.2, -0.15) is 4.98 Å². The van der Waals surface area contributed by atoms with Crippen LogP contribution >= 0.6 is 0 Å². The molecular weight excluding hydrogens is 357 g/mol. The molecule has 0 aliphatic carbocycles. The fraction of sp³-hybridized carbons (Fsp3) is 0.0556. The Morgan fingerprint density at radius 3 is 2.33 bits per heavy atom. The van der Waals surface area contributed by atoms with Gasteiger partial charge in [0.05, 0.1) is 17.5 Å². The van der Waals surface area contributed by atoms with Crippen LogP contribution in [0.1, 0.15) is 42.8 Å². The van der Waals surface area contributed by atoms with Crippen LogP contribution in [-0.2, 0) is 11.3 Å². The van der Waals surface area contributed by atoms with Crippen molar-refractivity contribution >= 4 is 17.8 Å². The summed E-state index contributed by atoms with van der Waals surface area (Å²) in [6.07, 6.45) is -0.0278. The molecule has 0 spiro atoms. The molecule has 4 rings (SSSR count). The second kappa shape index (κ2) is 6.45. The number of halogens is 1. The zero-order valence-electron chi connectivity index (χ0n) is 13.6. The highest BCUT2D eigenvalue weighted by Crippen LogP contribution is 2.23. The average Bonchev–Trinajstić information content (AvgIpc) is 3.23. The Morgan fingerprint density at radius 1 is 1.04 bits per heavy atom. The Bertz CT molecular complexity index is 1040. The van der Waals surface area contributed by atoms with Crippen LogP contribution in [0.5, 0.6) is 0 Å². The number of rotatable bonds is 4. The Balaban J connectivity index is 1.49. The summed E-state index contributed by atoms with van der Waals surface area (Å²) in [4.78, 5) is 45.2. The maximum Gasteiger partial charge on any atom is 0.404 e. The largest absolute Gasteiger partial charge is 0.404 e. The summed E-state index contributed by atoms with van der Waals surface area (Å²) < 4.78 is 18.6. The minimum Gasteiger partial charge on any atom is -0.338 e. The van der Waals surface area contributed by atoms with Crippen molar-refractivity contribution in [1.29, 1.82) is 0 Å². The lowest BCUT2D eigenvalue weighted by atomic mass is 10.1. The van der Waals surface area contributed by atoms with E-state index >= 15 is 0 Å². The Morgan fingerprint density at radius 2 is 1.67 bits per heavy atom. The van der Waals surface area contributed by atoms with E-state index in [4.69, 9.17) is 9.36 Å². The quantitative estimate of drug-likeness (QED) is 0.651. The van der Waals surface area contributed by atoms with Gasteiger partial charge in [-0.3, -0.25) is 9.59 Å². The minimum atomic E-state index is -1.15. The van der Waals surface area contributed by atoms with Crippen molar-refractivity contribution in [3.05, 3.63) is 82.8 Å². The highest BCUT2D eigenvalue weighted by atomic mass is 19.1. The molecule has 0 bridgehead atoms. The van der Waals surface area contributed by atoms with Crippen LogP contribution in [0.2, 0.25) is 0 Å². The maximum absolute atomic E-state index is 13.7. The third-order valence-electron chi connectivity index (χ3n) is 3.88. The number of carbonyl (C=O) groups excluding carboxylic acids is 3. The van der Waals surface area contributed by atoms with Crippen molar-refractivity contribution < 1.29 is 28.1 Å². The molecule has 0 N–H and O–H groups in total. The molecule has 0 fully saturated rings. The molecule has 134 valence electrons. The molecule has 2 amide bonds. The van der Waals surface area contributed by atoms with Gasteiger partial charge < -0.3 is 9.36 Å². The molecule has 3 aromatic rings. The van der Waals surface area contributed by atoms with Crippen LogP contribution in [0.15, 0.2) is 53.1 Å². The highest BCUT2D eigenvalue weighted by Gasteiger charge is 2.39. The lowest BCUT2D eigenvalue weighted by Crippen LogP contribution is -2.33. The van der Waals surface area contributed by atoms with Crippen molar-refractivity contribution in [3.8, 4) is 0 Å². The lowest BCUT2D eigenvalue weighted by Gasteiger charge is -2.10. The first kappa shape index (κ1) is 16.6. The van der Waals surface area contributed by atoms with Gasteiger partial charge in [-0.25, -0.2) is 9.18 Å².